The summed E-state index contributed by atoms with van der Waals surface area (Å²) in [5.74, 6) is -0.713. The van der Waals surface area contributed by atoms with Gasteiger partial charge in [0.2, 0.25) is 0 Å². The normalized spacial score (nSPS) is 14.6. The molecule has 2 N–H and O–H groups in total. The van der Waals surface area contributed by atoms with Crippen molar-refractivity contribution in [2.75, 3.05) is 40.9 Å². The maximum atomic E-state index is 13.1. The van der Waals surface area contributed by atoms with E-state index in [1.54, 1.807) is 0 Å². The Morgan fingerprint density at radius 1 is 0.654 bits per heavy atom. The molecule has 306 valence electrons. The Kier molecular flexibility index (Phi) is 33.3. The monoisotopic (exact) mass is 759 g/mol. The summed E-state index contributed by atoms with van der Waals surface area (Å²) in [6.07, 6.45) is 34.8. The molecule has 0 spiro atoms. The SMILES string of the molecule is CCCCC/C=C\C/C=C\CCCCCCCC(=O)O[C@H](CO)COP(=O)(O)OC(C[N+](C)(C)C)C(=O)CCCCCCCCCCCCCCC. The predicted molar refractivity (Wildman–Crippen MR) is 215 cm³/mol. The van der Waals surface area contributed by atoms with Gasteiger partial charge in [0, 0.05) is 12.8 Å². The third-order valence-corrected chi connectivity index (χ3v) is 10.1. The van der Waals surface area contributed by atoms with Gasteiger partial charge in [0.1, 0.15) is 12.6 Å². The van der Waals surface area contributed by atoms with Crippen LogP contribution in [-0.4, -0.2) is 79.3 Å². The zero-order chi connectivity index (χ0) is 38.8. The van der Waals surface area contributed by atoms with Crippen LogP contribution in [0.1, 0.15) is 181 Å². The number of ketones is 1. The summed E-state index contributed by atoms with van der Waals surface area (Å²) in [6.45, 7) is 3.60. The minimum absolute atomic E-state index is 0.202. The lowest BCUT2D eigenvalue weighted by Gasteiger charge is -2.29. The van der Waals surface area contributed by atoms with E-state index in [0.717, 1.165) is 57.8 Å². The highest BCUT2D eigenvalue weighted by molar-refractivity contribution is 7.47. The number of nitrogens with zero attached hydrogens (tertiary/aromatic N) is 1. The molecule has 0 saturated heterocycles. The second-order valence-electron chi connectivity index (χ2n) is 15.6. The minimum atomic E-state index is -4.67. The van der Waals surface area contributed by atoms with Crippen LogP contribution in [-0.2, 0) is 27.9 Å². The molecule has 0 aliphatic carbocycles. The number of esters is 1. The number of phosphoric acid groups is 1. The van der Waals surface area contributed by atoms with Crippen molar-refractivity contribution in [3.63, 3.8) is 0 Å². The van der Waals surface area contributed by atoms with Crippen LogP contribution in [0.15, 0.2) is 24.3 Å². The first-order valence-corrected chi connectivity index (χ1v) is 22.5. The van der Waals surface area contributed by atoms with Crippen molar-refractivity contribution in [3.05, 3.63) is 24.3 Å². The first-order valence-electron chi connectivity index (χ1n) is 21.0. The van der Waals surface area contributed by atoms with E-state index in [0.29, 0.717) is 17.3 Å². The van der Waals surface area contributed by atoms with Crippen molar-refractivity contribution in [1.82, 2.24) is 0 Å². The Balaban J connectivity index is 4.32. The average Bonchev–Trinajstić information content (AvgIpc) is 3.09. The number of likely N-dealkylation sites (N-methyl/N-ethyl adjacent to an activating group) is 1. The number of hydrogen-bond donors (Lipinski definition) is 2. The summed E-state index contributed by atoms with van der Waals surface area (Å²) in [5.41, 5.74) is 0. The number of unbranched alkanes of at least 4 members (excludes halogenated alkanes) is 20. The van der Waals surface area contributed by atoms with Gasteiger partial charge in [0.25, 0.3) is 0 Å². The van der Waals surface area contributed by atoms with E-state index in [1.165, 1.54) is 83.5 Å². The molecule has 0 fully saturated rings. The average molecular weight is 759 g/mol. The lowest BCUT2D eigenvalue weighted by Crippen LogP contribution is -2.45. The summed E-state index contributed by atoms with van der Waals surface area (Å²) < 4.78 is 29.0. The molecule has 0 aromatic rings. The smallest absolute Gasteiger partial charge is 0.457 e. The van der Waals surface area contributed by atoms with E-state index in [9.17, 15) is 24.2 Å². The van der Waals surface area contributed by atoms with Crippen molar-refractivity contribution in [2.24, 2.45) is 0 Å². The number of aliphatic hydroxyl groups is 1. The Labute approximate surface area is 319 Å². The molecule has 2 unspecified atom stereocenters. The molecule has 10 heteroatoms. The van der Waals surface area contributed by atoms with Crippen LogP contribution in [0.2, 0.25) is 0 Å². The van der Waals surface area contributed by atoms with E-state index >= 15 is 0 Å². The maximum absolute atomic E-state index is 13.1. The fraction of sp³-hybridized carbons (Fsp3) is 0.857. The van der Waals surface area contributed by atoms with Crippen molar-refractivity contribution < 1.29 is 42.4 Å². The van der Waals surface area contributed by atoms with E-state index in [2.05, 4.69) is 38.2 Å². The zero-order valence-corrected chi connectivity index (χ0v) is 35.1. The molecular weight excluding hydrogens is 677 g/mol. The highest BCUT2D eigenvalue weighted by Gasteiger charge is 2.35. The van der Waals surface area contributed by atoms with Gasteiger partial charge in [-0.05, 0) is 44.9 Å². The van der Waals surface area contributed by atoms with Crippen molar-refractivity contribution >= 4 is 19.6 Å². The van der Waals surface area contributed by atoms with Crippen molar-refractivity contribution in [2.45, 2.75) is 193 Å². The second kappa shape index (κ2) is 34.2. The highest BCUT2D eigenvalue weighted by atomic mass is 31.2. The number of carbonyl (C=O) groups excluding carboxylic acids is 2. The number of ether oxygens (including phenoxy) is 1. The summed E-state index contributed by atoms with van der Waals surface area (Å²) in [6, 6.07) is 0. The molecule has 0 bridgehead atoms. The molecule has 52 heavy (non-hydrogen) atoms. The number of rotatable bonds is 38. The number of quaternary nitrogens is 1. The molecule has 3 atom stereocenters. The number of Topliss-reactive ketones (excluding diaryl/α,β-unsaturated/α-hetero) is 1. The molecule has 0 aliphatic rings. The van der Waals surface area contributed by atoms with Crippen molar-refractivity contribution in [3.8, 4) is 0 Å². The summed E-state index contributed by atoms with van der Waals surface area (Å²) >= 11 is 0. The second-order valence-corrected chi connectivity index (χ2v) is 17.0. The number of aliphatic hydroxyl groups excluding tert-OH is 1. The van der Waals surface area contributed by atoms with Gasteiger partial charge < -0.3 is 19.2 Å². The molecule has 0 rings (SSSR count). The molecule has 0 amide bonds. The standard InChI is InChI=1S/C42H80NO8P/c1-6-8-10-12-14-16-18-20-21-23-25-27-29-31-33-35-42(46)50-39(37-44)38-49-52(47,48)51-41(36-43(3,4)5)40(45)34-32-30-28-26-24-22-19-17-15-13-11-9-7-2/h14,16,20-21,39,41,44H,6-13,15,17-19,22-38H2,1-5H3/p+1/b16-14-,21-20-/t39-,41?/m1/s1. The minimum Gasteiger partial charge on any atom is -0.457 e. The molecule has 0 aliphatic heterocycles. The van der Waals surface area contributed by atoms with Crippen LogP contribution in [0, 0.1) is 0 Å². The van der Waals surface area contributed by atoms with Gasteiger partial charge in [-0.15, -0.1) is 0 Å². The lowest BCUT2D eigenvalue weighted by atomic mass is 10.0. The fourth-order valence-electron chi connectivity index (χ4n) is 5.99. The third-order valence-electron chi connectivity index (χ3n) is 9.12. The van der Waals surface area contributed by atoms with Gasteiger partial charge in [0.15, 0.2) is 11.9 Å². The molecule has 0 aromatic carbocycles. The Morgan fingerprint density at radius 3 is 1.60 bits per heavy atom. The van der Waals surface area contributed by atoms with Crippen LogP contribution < -0.4 is 0 Å². The first-order chi connectivity index (χ1) is 24.9. The van der Waals surface area contributed by atoms with Crippen LogP contribution in [0.3, 0.4) is 0 Å². The summed E-state index contributed by atoms with van der Waals surface area (Å²) in [4.78, 5) is 35.9. The highest BCUT2D eigenvalue weighted by Crippen LogP contribution is 2.45. The van der Waals surface area contributed by atoms with E-state index in [4.69, 9.17) is 13.8 Å². The molecule has 0 radical (unpaired) electrons. The quantitative estimate of drug-likeness (QED) is 0.0210. The molecule has 0 aromatic heterocycles. The van der Waals surface area contributed by atoms with Gasteiger partial charge in [0.05, 0.1) is 34.4 Å². The van der Waals surface area contributed by atoms with Gasteiger partial charge >= 0.3 is 13.8 Å². The van der Waals surface area contributed by atoms with Crippen LogP contribution >= 0.6 is 7.82 Å². The molecular formula is C42H81NO8P+. The Bertz CT molecular complexity index is 964. The van der Waals surface area contributed by atoms with Gasteiger partial charge in [-0.3, -0.25) is 18.6 Å². The van der Waals surface area contributed by atoms with E-state index in [1.807, 2.05) is 21.1 Å². The van der Waals surface area contributed by atoms with Gasteiger partial charge in [-0.25, -0.2) is 4.57 Å². The third kappa shape index (κ3) is 34.4. The van der Waals surface area contributed by atoms with Crippen LogP contribution in [0.5, 0.6) is 0 Å². The number of phosphoric ester groups is 1. The van der Waals surface area contributed by atoms with E-state index < -0.39 is 39.2 Å². The van der Waals surface area contributed by atoms with Crippen LogP contribution in [0.4, 0.5) is 0 Å². The summed E-state index contributed by atoms with van der Waals surface area (Å²) in [5, 5.41) is 9.71. The maximum Gasteiger partial charge on any atom is 0.473 e. The fourth-order valence-corrected chi connectivity index (χ4v) is 6.91. The topological polar surface area (TPSA) is 119 Å². The number of allylic oxidation sites excluding steroid dienone is 4. The predicted octanol–water partition coefficient (Wildman–Crippen LogP) is 11.0. The molecule has 0 heterocycles. The van der Waals surface area contributed by atoms with Gasteiger partial charge in [-0.1, -0.05) is 147 Å². The van der Waals surface area contributed by atoms with Crippen LogP contribution in [0.25, 0.3) is 0 Å². The first kappa shape index (κ1) is 50.6. The Morgan fingerprint density at radius 2 is 1.10 bits per heavy atom. The summed E-state index contributed by atoms with van der Waals surface area (Å²) in [7, 11) is 0.981. The van der Waals surface area contributed by atoms with Gasteiger partial charge in [-0.2, -0.15) is 0 Å². The largest absolute Gasteiger partial charge is 0.473 e. The zero-order valence-electron chi connectivity index (χ0n) is 34.2. The Hall–Kier alpha value is -1.35. The van der Waals surface area contributed by atoms with Crippen molar-refractivity contribution in [1.29, 1.82) is 0 Å². The number of carbonyl (C=O) groups is 2. The molecule has 0 saturated carbocycles. The van der Waals surface area contributed by atoms with E-state index in [-0.39, 0.29) is 25.2 Å². The molecule has 9 nitrogen and oxygen atoms in total. The number of hydrogen-bond acceptors (Lipinski definition) is 7. The lowest BCUT2D eigenvalue weighted by molar-refractivity contribution is -0.872.